The van der Waals surface area contributed by atoms with Gasteiger partial charge in [-0.3, -0.25) is 4.79 Å². The molecule has 1 rings (SSSR count). The summed E-state index contributed by atoms with van der Waals surface area (Å²) in [6.07, 6.45) is 2.09. The van der Waals surface area contributed by atoms with E-state index in [-0.39, 0.29) is 11.3 Å². The predicted molar refractivity (Wildman–Crippen MR) is 59.7 cm³/mol. The summed E-state index contributed by atoms with van der Waals surface area (Å²) in [5, 5.41) is 6.13. The van der Waals surface area contributed by atoms with Crippen LogP contribution in [0.3, 0.4) is 0 Å². The maximum atomic E-state index is 11.5. The van der Waals surface area contributed by atoms with Gasteiger partial charge in [0.2, 0.25) is 5.91 Å². The van der Waals surface area contributed by atoms with Gasteiger partial charge in [0.15, 0.2) is 0 Å². The lowest BCUT2D eigenvalue weighted by atomic mass is 9.91. The van der Waals surface area contributed by atoms with Crippen LogP contribution in [0.25, 0.3) is 0 Å². The molecule has 15 heavy (non-hydrogen) atoms. The van der Waals surface area contributed by atoms with E-state index in [1.54, 1.807) is 7.05 Å². The highest BCUT2D eigenvalue weighted by Crippen LogP contribution is 2.15. The van der Waals surface area contributed by atoms with Crippen molar-refractivity contribution in [2.45, 2.75) is 32.7 Å². The van der Waals surface area contributed by atoms with E-state index in [9.17, 15) is 4.79 Å². The molecule has 2 N–H and O–H groups in total. The Kier molecular flexibility index (Phi) is 4.54. The molecule has 1 fully saturated rings. The average molecular weight is 214 g/mol. The molecule has 0 spiro atoms. The van der Waals surface area contributed by atoms with Gasteiger partial charge in [-0.1, -0.05) is 0 Å². The molecule has 88 valence electrons. The zero-order chi connectivity index (χ0) is 11.3. The van der Waals surface area contributed by atoms with Gasteiger partial charge in [-0.2, -0.15) is 0 Å². The van der Waals surface area contributed by atoms with Crippen LogP contribution in [0.1, 0.15) is 26.7 Å². The van der Waals surface area contributed by atoms with Crippen LogP contribution >= 0.6 is 0 Å². The van der Waals surface area contributed by atoms with Crippen molar-refractivity contribution in [3.05, 3.63) is 0 Å². The molecule has 0 aromatic carbocycles. The van der Waals surface area contributed by atoms with Crippen molar-refractivity contribution in [2.75, 3.05) is 26.8 Å². The van der Waals surface area contributed by atoms with Crippen LogP contribution in [0, 0.1) is 5.41 Å². The van der Waals surface area contributed by atoms with E-state index in [2.05, 4.69) is 10.6 Å². The summed E-state index contributed by atoms with van der Waals surface area (Å²) in [4.78, 5) is 11.5. The zero-order valence-corrected chi connectivity index (χ0v) is 9.93. The summed E-state index contributed by atoms with van der Waals surface area (Å²) in [7, 11) is 1.68. The zero-order valence-electron chi connectivity index (χ0n) is 9.93. The van der Waals surface area contributed by atoms with Crippen LogP contribution in [-0.2, 0) is 9.53 Å². The van der Waals surface area contributed by atoms with Crippen molar-refractivity contribution in [2.24, 2.45) is 5.41 Å². The number of carbonyl (C=O) groups excluding carboxylic acids is 1. The fraction of sp³-hybridized carbons (Fsp3) is 0.909. The molecule has 0 bridgehead atoms. The Bertz CT molecular complexity index is 211. The second-order valence-corrected chi connectivity index (χ2v) is 4.73. The molecule has 0 saturated carbocycles. The van der Waals surface area contributed by atoms with Gasteiger partial charge >= 0.3 is 0 Å². The molecule has 0 atom stereocenters. The fourth-order valence-corrected chi connectivity index (χ4v) is 1.72. The fourth-order valence-electron chi connectivity index (χ4n) is 1.72. The smallest absolute Gasteiger partial charge is 0.226 e. The van der Waals surface area contributed by atoms with Crippen molar-refractivity contribution < 1.29 is 9.53 Å². The van der Waals surface area contributed by atoms with E-state index in [1.807, 2.05) is 13.8 Å². The van der Waals surface area contributed by atoms with Crippen molar-refractivity contribution in [3.8, 4) is 0 Å². The van der Waals surface area contributed by atoms with Crippen molar-refractivity contribution in [1.82, 2.24) is 10.6 Å². The second-order valence-electron chi connectivity index (χ2n) is 4.73. The number of carbonyl (C=O) groups is 1. The number of ether oxygens (including phenoxy) is 1. The molecule has 4 heteroatoms. The predicted octanol–water partition coefficient (Wildman–Crippen LogP) is 0.527. The third kappa shape index (κ3) is 3.80. The summed E-state index contributed by atoms with van der Waals surface area (Å²) < 4.78 is 5.28. The summed E-state index contributed by atoms with van der Waals surface area (Å²) in [5.41, 5.74) is -0.340. The number of hydrogen-bond donors (Lipinski definition) is 2. The van der Waals surface area contributed by atoms with Gasteiger partial charge in [0, 0.05) is 32.8 Å². The summed E-state index contributed by atoms with van der Waals surface area (Å²) in [6, 6.07) is 0.502. The first-order chi connectivity index (χ1) is 7.06. The van der Waals surface area contributed by atoms with Gasteiger partial charge in [0.1, 0.15) is 0 Å². The third-order valence-electron chi connectivity index (χ3n) is 2.90. The maximum absolute atomic E-state index is 11.5. The number of hydrogen-bond acceptors (Lipinski definition) is 3. The number of amides is 1. The molecule has 0 aromatic rings. The van der Waals surface area contributed by atoms with E-state index in [0.717, 1.165) is 32.6 Å². The van der Waals surface area contributed by atoms with Gasteiger partial charge in [-0.15, -0.1) is 0 Å². The van der Waals surface area contributed by atoms with Gasteiger partial charge in [-0.25, -0.2) is 0 Å². The third-order valence-corrected chi connectivity index (χ3v) is 2.90. The minimum atomic E-state index is -0.340. The van der Waals surface area contributed by atoms with E-state index in [1.165, 1.54) is 0 Å². The Morgan fingerprint density at radius 2 is 2.00 bits per heavy atom. The molecule has 4 nitrogen and oxygen atoms in total. The van der Waals surface area contributed by atoms with E-state index in [4.69, 9.17) is 4.74 Å². The maximum Gasteiger partial charge on any atom is 0.226 e. The first-order valence-electron chi connectivity index (χ1n) is 5.59. The monoisotopic (exact) mass is 214 g/mol. The van der Waals surface area contributed by atoms with Gasteiger partial charge < -0.3 is 15.4 Å². The standard InChI is InChI=1S/C11H22N2O2/c1-11(2,10(14)12-3)8-13-9-4-6-15-7-5-9/h9,13H,4-8H2,1-3H3,(H,12,14). The van der Waals surface area contributed by atoms with Crippen LogP contribution in [0.2, 0.25) is 0 Å². The first kappa shape index (κ1) is 12.5. The average Bonchev–Trinajstić information content (AvgIpc) is 2.27. The lowest BCUT2D eigenvalue weighted by Crippen LogP contribution is -2.46. The van der Waals surface area contributed by atoms with Crippen LogP contribution in [0.15, 0.2) is 0 Å². The van der Waals surface area contributed by atoms with Crippen molar-refractivity contribution in [1.29, 1.82) is 0 Å². The highest BCUT2D eigenvalue weighted by atomic mass is 16.5. The highest BCUT2D eigenvalue weighted by Gasteiger charge is 2.27. The second kappa shape index (κ2) is 5.47. The SMILES string of the molecule is CNC(=O)C(C)(C)CNC1CCOCC1. The summed E-state index contributed by atoms with van der Waals surface area (Å²) in [5.74, 6) is 0.0852. The lowest BCUT2D eigenvalue weighted by Gasteiger charge is -2.28. The molecule has 0 radical (unpaired) electrons. The van der Waals surface area contributed by atoms with E-state index >= 15 is 0 Å². The Hall–Kier alpha value is -0.610. The molecular weight excluding hydrogens is 192 g/mol. The van der Waals surface area contributed by atoms with Gasteiger partial charge in [-0.05, 0) is 26.7 Å². The lowest BCUT2D eigenvalue weighted by molar-refractivity contribution is -0.128. The molecule has 1 aliphatic rings. The van der Waals surface area contributed by atoms with Crippen LogP contribution in [0.4, 0.5) is 0 Å². The van der Waals surface area contributed by atoms with Crippen LogP contribution in [0.5, 0.6) is 0 Å². The number of rotatable bonds is 4. The van der Waals surface area contributed by atoms with Crippen molar-refractivity contribution >= 4 is 5.91 Å². The number of nitrogens with one attached hydrogen (secondary N) is 2. The summed E-state index contributed by atoms with van der Waals surface area (Å²) >= 11 is 0. The highest BCUT2D eigenvalue weighted by molar-refractivity contribution is 5.81. The molecule has 0 aliphatic carbocycles. The molecule has 1 amide bonds. The van der Waals surface area contributed by atoms with Crippen LogP contribution in [-0.4, -0.2) is 38.8 Å². The molecule has 1 heterocycles. The molecular formula is C11H22N2O2. The van der Waals surface area contributed by atoms with E-state index < -0.39 is 0 Å². The van der Waals surface area contributed by atoms with E-state index in [0.29, 0.717) is 6.04 Å². The molecule has 1 aliphatic heterocycles. The quantitative estimate of drug-likeness (QED) is 0.717. The van der Waals surface area contributed by atoms with Crippen LogP contribution < -0.4 is 10.6 Å². The topological polar surface area (TPSA) is 50.4 Å². The van der Waals surface area contributed by atoms with Gasteiger partial charge in [0.05, 0.1) is 5.41 Å². The van der Waals surface area contributed by atoms with Gasteiger partial charge in [0.25, 0.3) is 0 Å². The molecule has 1 saturated heterocycles. The Morgan fingerprint density at radius 3 is 2.53 bits per heavy atom. The van der Waals surface area contributed by atoms with Crippen molar-refractivity contribution in [3.63, 3.8) is 0 Å². The Balaban J connectivity index is 2.31. The largest absolute Gasteiger partial charge is 0.381 e. The minimum Gasteiger partial charge on any atom is -0.381 e. The minimum absolute atomic E-state index is 0.0852. The molecule has 0 aromatic heterocycles. The first-order valence-corrected chi connectivity index (χ1v) is 5.59. The Labute approximate surface area is 91.8 Å². The normalized spacial score (nSPS) is 18.9. The molecule has 0 unspecified atom stereocenters. The summed E-state index contributed by atoms with van der Waals surface area (Å²) in [6.45, 7) is 6.30. The Morgan fingerprint density at radius 1 is 1.40 bits per heavy atom.